The lowest BCUT2D eigenvalue weighted by molar-refractivity contribution is 0.760. The van der Waals surface area contributed by atoms with Crippen LogP contribution in [0.4, 0.5) is 0 Å². The van der Waals surface area contributed by atoms with E-state index >= 15 is 0 Å². The summed E-state index contributed by atoms with van der Waals surface area (Å²) in [5.41, 5.74) is 3.72. The van der Waals surface area contributed by atoms with Crippen molar-refractivity contribution < 1.29 is 0 Å². The Hall–Kier alpha value is -0.780. The van der Waals surface area contributed by atoms with Gasteiger partial charge in [0.05, 0.1) is 0 Å². The van der Waals surface area contributed by atoms with Crippen molar-refractivity contribution in [2.45, 2.75) is 44.9 Å². The molecule has 2 rings (SSSR count). The van der Waals surface area contributed by atoms with Crippen LogP contribution in [0.3, 0.4) is 0 Å². The van der Waals surface area contributed by atoms with E-state index in [1.807, 2.05) is 0 Å². The summed E-state index contributed by atoms with van der Waals surface area (Å²) < 4.78 is 0. The van der Waals surface area contributed by atoms with Gasteiger partial charge in [-0.3, -0.25) is 0 Å². The molecule has 0 unspecified atom stereocenters. The largest absolute Gasteiger partial charge is 0.0651 e. The molecule has 0 radical (unpaired) electrons. The second kappa shape index (κ2) is 3.17. The molecule has 0 heteroatoms. The Labute approximate surface area is 81.0 Å². The van der Waals surface area contributed by atoms with Crippen molar-refractivity contribution in [3.63, 3.8) is 0 Å². The quantitative estimate of drug-likeness (QED) is 0.655. The van der Waals surface area contributed by atoms with E-state index in [0.717, 1.165) is 0 Å². The van der Waals surface area contributed by atoms with Crippen LogP contribution in [0.15, 0.2) is 24.3 Å². The van der Waals surface area contributed by atoms with Crippen LogP contribution in [-0.4, -0.2) is 0 Å². The van der Waals surface area contributed by atoms with E-state index < -0.39 is 0 Å². The molecule has 0 spiro atoms. The van der Waals surface area contributed by atoms with Crippen LogP contribution in [0, 0.1) is 0 Å². The van der Waals surface area contributed by atoms with E-state index in [2.05, 4.69) is 38.1 Å². The van der Waals surface area contributed by atoms with Crippen molar-refractivity contribution >= 4 is 0 Å². The standard InChI is InChI=1S/C13H18/c1-3-6-11-7-4-5-8-12(11)13(2)9-10-13/h4-5,7-8H,3,6,9-10H2,1-2H3. The minimum absolute atomic E-state index is 0.533. The van der Waals surface area contributed by atoms with Crippen molar-refractivity contribution in [3.05, 3.63) is 35.4 Å². The summed E-state index contributed by atoms with van der Waals surface area (Å²) in [5.74, 6) is 0. The number of hydrogen-bond donors (Lipinski definition) is 0. The predicted molar refractivity (Wildman–Crippen MR) is 57.0 cm³/mol. The molecule has 0 heterocycles. The molecular formula is C13H18. The van der Waals surface area contributed by atoms with Gasteiger partial charge < -0.3 is 0 Å². The van der Waals surface area contributed by atoms with Gasteiger partial charge in [-0.2, -0.15) is 0 Å². The molecular weight excluding hydrogens is 156 g/mol. The van der Waals surface area contributed by atoms with Crippen LogP contribution in [-0.2, 0) is 11.8 Å². The highest BCUT2D eigenvalue weighted by Gasteiger charge is 2.39. The Morgan fingerprint density at radius 1 is 1.23 bits per heavy atom. The van der Waals surface area contributed by atoms with Gasteiger partial charge in [-0.05, 0) is 35.8 Å². The average Bonchev–Trinajstić information content (AvgIpc) is 2.86. The van der Waals surface area contributed by atoms with Crippen LogP contribution in [0.2, 0.25) is 0 Å². The smallest absolute Gasteiger partial charge is 0.00719 e. The molecule has 0 amide bonds. The highest BCUT2D eigenvalue weighted by Crippen LogP contribution is 2.48. The second-order valence-corrected chi connectivity index (χ2v) is 4.47. The first-order chi connectivity index (χ1) is 6.26. The SMILES string of the molecule is CCCc1ccccc1C1(C)CC1. The van der Waals surface area contributed by atoms with E-state index in [0.29, 0.717) is 5.41 Å². The Kier molecular flexibility index (Phi) is 2.15. The van der Waals surface area contributed by atoms with Crippen molar-refractivity contribution in [2.75, 3.05) is 0 Å². The molecule has 0 nitrogen and oxygen atoms in total. The molecule has 0 bridgehead atoms. The first-order valence-corrected chi connectivity index (χ1v) is 5.35. The van der Waals surface area contributed by atoms with Crippen LogP contribution < -0.4 is 0 Å². The van der Waals surface area contributed by atoms with Crippen molar-refractivity contribution in [2.24, 2.45) is 0 Å². The maximum Gasteiger partial charge on any atom is -0.00719 e. The van der Waals surface area contributed by atoms with Crippen LogP contribution in [0.5, 0.6) is 0 Å². The fraction of sp³-hybridized carbons (Fsp3) is 0.538. The molecule has 13 heavy (non-hydrogen) atoms. The number of benzene rings is 1. The molecule has 0 saturated heterocycles. The highest BCUT2D eigenvalue weighted by molar-refractivity contribution is 5.37. The highest BCUT2D eigenvalue weighted by atomic mass is 14.4. The first-order valence-electron chi connectivity index (χ1n) is 5.35. The summed E-state index contributed by atoms with van der Waals surface area (Å²) >= 11 is 0. The summed E-state index contributed by atoms with van der Waals surface area (Å²) in [6.07, 6.45) is 5.26. The molecule has 0 N–H and O–H groups in total. The minimum atomic E-state index is 0.533. The maximum atomic E-state index is 2.39. The lowest BCUT2D eigenvalue weighted by atomic mass is 9.91. The molecule has 1 aromatic rings. The third kappa shape index (κ3) is 1.63. The molecule has 1 aliphatic rings. The molecule has 1 aromatic carbocycles. The first kappa shape index (κ1) is 8.80. The van der Waals surface area contributed by atoms with Gasteiger partial charge in [0.2, 0.25) is 0 Å². The molecule has 1 saturated carbocycles. The molecule has 1 aliphatic carbocycles. The maximum absolute atomic E-state index is 2.39. The lowest BCUT2D eigenvalue weighted by Crippen LogP contribution is -2.04. The normalized spacial score (nSPS) is 18.6. The van der Waals surface area contributed by atoms with Gasteiger partial charge in [-0.25, -0.2) is 0 Å². The van der Waals surface area contributed by atoms with E-state index in [-0.39, 0.29) is 0 Å². The van der Waals surface area contributed by atoms with Gasteiger partial charge in [0, 0.05) is 0 Å². The predicted octanol–water partition coefficient (Wildman–Crippen LogP) is 3.69. The zero-order chi connectivity index (χ0) is 9.31. The number of hydrogen-bond acceptors (Lipinski definition) is 0. The van der Waals surface area contributed by atoms with Gasteiger partial charge in [0.1, 0.15) is 0 Å². The van der Waals surface area contributed by atoms with Gasteiger partial charge in [0.25, 0.3) is 0 Å². The topological polar surface area (TPSA) is 0 Å². The Bertz CT molecular complexity index is 295. The number of aryl methyl sites for hydroxylation is 1. The van der Waals surface area contributed by atoms with Crippen molar-refractivity contribution in [1.29, 1.82) is 0 Å². The Balaban J connectivity index is 2.32. The fourth-order valence-corrected chi connectivity index (χ4v) is 2.05. The summed E-state index contributed by atoms with van der Waals surface area (Å²) in [5, 5.41) is 0. The molecule has 70 valence electrons. The van der Waals surface area contributed by atoms with E-state index in [1.165, 1.54) is 25.7 Å². The summed E-state index contributed by atoms with van der Waals surface area (Å²) in [7, 11) is 0. The van der Waals surface area contributed by atoms with Crippen molar-refractivity contribution in [3.8, 4) is 0 Å². The zero-order valence-electron chi connectivity index (χ0n) is 8.64. The van der Waals surface area contributed by atoms with Crippen LogP contribution in [0.25, 0.3) is 0 Å². The zero-order valence-corrected chi connectivity index (χ0v) is 8.64. The van der Waals surface area contributed by atoms with Gasteiger partial charge >= 0.3 is 0 Å². The van der Waals surface area contributed by atoms with Gasteiger partial charge in [-0.1, -0.05) is 44.5 Å². The van der Waals surface area contributed by atoms with Crippen molar-refractivity contribution in [1.82, 2.24) is 0 Å². The third-order valence-electron chi connectivity index (χ3n) is 3.19. The molecule has 0 atom stereocenters. The van der Waals surface area contributed by atoms with Gasteiger partial charge in [-0.15, -0.1) is 0 Å². The molecule has 0 aromatic heterocycles. The molecule has 1 fully saturated rings. The van der Waals surface area contributed by atoms with E-state index in [4.69, 9.17) is 0 Å². The summed E-state index contributed by atoms with van der Waals surface area (Å²) in [6.45, 7) is 4.65. The van der Waals surface area contributed by atoms with E-state index in [1.54, 1.807) is 11.1 Å². The van der Waals surface area contributed by atoms with Crippen LogP contribution in [0.1, 0.15) is 44.2 Å². The Morgan fingerprint density at radius 2 is 1.92 bits per heavy atom. The summed E-state index contributed by atoms with van der Waals surface area (Å²) in [6, 6.07) is 8.96. The number of rotatable bonds is 3. The second-order valence-electron chi connectivity index (χ2n) is 4.47. The Morgan fingerprint density at radius 3 is 2.54 bits per heavy atom. The lowest BCUT2D eigenvalue weighted by Gasteiger charge is -2.14. The van der Waals surface area contributed by atoms with Crippen LogP contribution >= 0.6 is 0 Å². The average molecular weight is 174 g/mol. The molecule has 0 aliphatic heterocycles. The monoisotopic (exact) mass is 174 g/mol. The summed E-state index contributed by atoms with van der Waals surface area (Å²) in [4.78, 5) is 0. The minimum Gasteiger partial charge on any atom is -0.0651 e. The fourth-order valence-electron chi connectivity index (χ4n) is 2.05. The van der Waals surface area contributed by atoms with E-state index in [9.17, 15) is 0 Å². The van der Waals surface area contributed by atoms with Gasteiger partial charge in [0.15, 0.2) is 0 Å². The third-order valence-corrected chi connectivity index (χ3v) is 3.19.